The molecule has 1 atom stereocenters. The largest absolute Gasteiger partial charge is 0.481 e. The normalized spacial score (nSPS) is 13.7. The van der Waals surface area contributed by atoms with Gasteiger partial charge in [0.2, 0.25) is 5.91 Å². The van der Waals surface area contributed by atoms with Crippen molar-refractivity contribution < 1.29 is 24.2 Å². The number of aliphatic carboxylic acids is 1. The number of carboxylic acid groups (broad SMARTS) is 1. The lowest BCUT2D eigenvalue weighted by Gasteiger charge is -2.25. The molecule has 0 radical (unpaired) electrons. The summed E-state index contributed by atoms with van der Waals surface area (Å²) in [7, 11) is 3.56. The zero-order valence-electron chi connectivity index (χ0n) is 19.4. The molecule has 1 unspecified atom stereocenters. The van der Waals surface area contributed by atoms with Crippen LogP contribution < -0.4 is 10.6 Å². The number of hydrogen-bond acceptors (Lipinski definition) is 5. The van der Waals surface area contributed by atoms with Crippen LogP contribution in [0.15, 0.2) is 48.5 Å². The summed E-state index contributed by atoms with van der Waals surface area (Å²) in [5, 5.41) is 14.5. The van der Waals surface area contributed by atoms with Gasteiger partial charge in [-0.2, -0.15) is 0 Å². The van der Waals surface area contributed by atoms with E-state index in [2.05, 4.69) is 22.8 Å². The maximum atomic E-state index is 12.7. The Morgan fingerprint density at radius 2 is 1.58 bits per heavy atom. The standard InChI is InChI=1S/C25H31N3O5/c1-25(2,23(30)31)15-26-22(29)21(13-28(3)4)27-24(32)33-14-20-18-11-7-5-9-16(18)17-10-6-8-12-19(17)20/h5-12,20-21H,13-15H2,1-4H3,(H,26,29)(H,27,32)(H,30,31). The number of rotatable bonds is 9. The molecule has 0 heterocycles. The van der Waals surface area contributed by atoms with E-state index in [0.717, 1.165) is 22.3 Å². The molecule has 33 heavy (non-hydrogen) atoms. The molecule has 0 saturated carbocycles. The van der Waals surface area contributed by atoms with Crippen LogP contribution in [-0.2, 0) is 14.3 Å². The van der Waals surface area contributed by atoms with Gasteiger partial charge in [0.15, 0.2) is 0 Å². The second kappa shape index (κ2) is 10.0. The number of carboxylic acids is 1. The number of amides is 2. The summed E-state index contributed by atoms with van der Waals surface area (Å²) in [5.74, 6) is -1.57. The van der Waals surface area contributed by atoms with Crippen molar-refractivity contribution >= 4 is 18.0 Å². The van der Waals surface area contributed by atoms with Gasteiger partial charge in [-0.15, -0.1) is 0 Å². The predicted molar refractivity (Wildman–Crippen MR) is 125 cm³/mol. The molecular formula is C25H31N3O5. The van der Waals surface area contributed by atoms with Gasteiger partial charge in [0.1, 0.15) is 12.6 Å². The fourth-order valence-electron chi connectivity index (χ4n) is 3.85. The molecule has 0 aliphatic heterocycles. The number of alkyl carbamates (subject to hydrolysis) is 1. The highest BCUT2D eigenvalue weighted by atomic mass is 16.5. The maximum absolute atomic E-state index is 12.7. The first kappa shape index (κ1) is 24.3. The first-order valence-electron chi connectivity index (χ1n) is 10.9. The van der Waals surface area contributed by atoms with E-state index >= 15 is 0 Å². The summed E-state index contributed by atoms with van der Waals surface area (Å²) in [6, 6.07) is 15.2. The van der Waals surface area contributed by atoms with E-state index in [1.54, 1.807) is 19.0 Å². The second-order valence-electron chi connectivity index (χ2n) is 9.19. The molecule has 8 heteroatoms. The summed E-state index contributed by atoms with van der Waals surface area (Å²) in [6.45, 7) is 3.37. The smallest absolute Gasteiger partial charge is 0.407 e. The molecule has 1 aliphatic carbocycles. The van der Waals surface area contributed by atoms with Gasteiger partial charge in [-0.25, -0.2) is 4.79 Å². The minimum absolute atomic E-state index is 0.0581. The van der Waals surface area contributed by atoms with Crippen molar-refractivity contribution in [3.63, 3.8) is 0 Å². The number of carbonyl (C=O) groups excluding carboxylic acids is 2. The first-order valence-corrected chi connectivity index (χ1v) is 10.9. The van der Waals surface area contributed by atoms with Crippen LogP contribution in [0.25, 0.3) is 11.1 Å². The lowest BCUT2D eigenvalue weighted by atomic mass is 9.94. The molecule has 2 aromatic carbocycles. The molecule has 0 saturated heterocycles. The Hall–Kier alpha value is -3.39. The number of nitrogens with zero attached hydrogens (tertiary/aromatic N) is 1. The molecule has 0 fully saturated rings. The van der Waals surface area contributed by atoms with Crippen LogP contribution in [0.2, 0.25) is 0 Å². The third-order valence-corrected chi connectivity index (χ3v) is 5.78. The Kier molecular flexibility index (Phi) is 7.38. The zero-order chi connectivity index (χ0) is 24.2. The van der Waals surface area contributed by atoms with Gasteiger partial charge >= 0.3 is 12.1 Å². The molecule has 3 rings (SSSR count). The van der Waals surface area contributed by atoms with Crippen molar-refractivity contribution in [3.8, 4) is 11.1 Å². The van der Waals surface area contributed by atoms with Crippen molar-refractivity contribution in [2.24, 2.45) is 5.41 Å². The molecule has 0 bridgehead atoms. The Labute approximate surface area is 193 Å². The van der Waals surface area contributed by atoms with Gasteiger partial charge < -0.3 is 25.4 Å². The van der Waals surface area contributed by atoms with Crippen LogP contribution in [0.4, 0.5) is 4.79 Å². The average Bonchev–Trinajstić information content (AvgIpc) is 3.09. The molecule has 3 N–H and O–H groups in total. The van der Waals surface area contributed by atoms with Gasteiger partial charge in [0.25, 0.3) is 0 Å². The van der Waals surface area contributed by atoms with Crippen LogP contribution in [-0.4, -0.2) is 67.8 Å². The zero-order valence-corrected chi connectivity index (χ0v) is 19.4. The van der Waals surface area contributed by atoms with E-state index in [1.807, 2.05) is 36.4 Å². The van der Waals surface area contributed by atoms with E-state index in [1.165, 1.54) is 13.8 Å². The summed E-state index contributed by atoms with van der Waals surface area (Å²) in [4.78, 5) is 38.3. The highest BCUT2D eigenvalue weighted by Crippen LogP contribution is 2.44. The SMILES string of the molecule is CN(C)CC(NC(=O)OCC1c2ccccc2-c2ccccc21)C(=O)NCC(C)(C)C(=O)O. The summed E-state index contributed by atoms with van der Waals surface area (Å²) in [5.41, 5.74) is 3.35. The minimum Gasteiger partial charge on any atom is -0.481 e. The van der Waals surface area contributed by atoms with Crippen LogP contribution in [0.1, 0.15) is 30.9 Å². The molecule has 0 spiro atoms. The van der Waals surface area contributed by atoms with E-state index < -0.39 is 29.4 Å². The summed E-state index contributed by atoms with van der Waals surface area (Å²) in [6.07, 6.45) is -0.698. The molecule has 2 aromatic rings. The van der Waals surface area contributed by atoms with E-state index in [9.17, 15) is 19.5 Å². The number of likely N-dealkylation sites (N-methyl/N-ethyl adjacent to an activating group) is 1. The Bertz CT molecular complexity index is 989. The number of carbonyl (C=O) groups is 3. The Morgan fingerprint density at radius 1 is 1.03 bits per heavy atom. The molecular weight excluding hydrogens is 422 g/mol. The van der Waals surface area contributed by atoms with Crippen molar-refractivity contribution in [2.75, 3.05) is 33.8 Å². The highest BCUT2D eigenvalue weighted by Gasteiger charge is 2.31. The number of hydrogen-bond donors (Lipinski definition) is 3. The second-order valence-corrected chi connectivity index (χ2v) is 9.19. The predicted octanol–water partition coefficient (Wildman–Crippen LogP) is 2.68. The van der Waals surface area contributed by atoms with E-state index in [0.29, 0.717) is 0 Å². The van der Waals surface area contributed by atoms with Gasteiger partial charge in [-0.1, -0.05) is 48.5 Å². The lowest BCUT2D eigenvalue weighted by molar-refractivity contribution is -0.146. The third-order valence-electron chi connectivity index (χ3n) is 5.78. The summed E-state index contributed by atoms with van der Waals surface area (Å²) >= 11 is 0. The average molecular weight is 454 g/mol. The highest BCUT2D eigenvalue weighted by molar-refractivity contribution is 5.86. The quantitative estimate of drug-likeness (QED) is 0.539. The topological polar surface area (TPSA) is 108 Å². The van der Waals surface area contributed by atoms with Gasteiger partial charge in [-0.3, -0.25) is 9.59 Å². The van der Waals surface area contributed by atoms with Crippen molar-refractivity contribution in [1.29, 1.82) is 0 Å². The number of ether oxygens (including phenoxy) is 1. The van der Waals surface area contributed by atoms with Gasteiger partial charge in [0.05, 0.1) is 5.41 Å². The number of fused-ring (bicyclic) bond motifs is 3. The van der Waals surface area contributed by atoms with Crippen molar-refractivity contribution in [3.05, 3.63) is 59.7 Å². The van der Waals surface area contributed by atoms with Crippen molar-refractivity contribution in [1.82, 2.24) is 15.5 Å². The molecule has 176 valence electrons. The molecule has 0 aromatic heterocycles. The lowest BCUT2D eigenvalue weighted by Crippen LogP contribution is -2.53. The monoisotopic (exact) mass is 453 g/mol. The van der Waals surface area contributed by atoms with E-state index in [4.69, 9.17) is 4.74 Å². The maximum Gasteiger partial charge on any atom is 0.407 e. The minimum atomic E-state index is -1.12. The van der Waals surface area contributed by atoms with E-state index in [-0.39, 0.29) is 25.6 Å². The van der Waals surface area contributed by atoms with Crippen LogP contribution in [0.3, 0.4) is 0 Å². The third kappa shape index (κ3) is 5.70. The van der Waals surface area contributed by atoms with Crippen molar-refractivity contribution in [2.45, 2.75) is 25.8 Å². The molecule has 8 nitrogen and oxygen atoms in total. The fraction of sp³-hybridized carbons (Fsp3) is 0.400. The molecule has 2 amide bonds. The Balaban J connectivity index is 1.64. The Morgan fingerprint density at radius 3 is 2.09 bits per heavy atom. The molecule has 1 aliphatic rings. The van der Waals surface area contributed by atoms with Gasteiger partial charge in [-0.05, 0) is 50.2 Å². The van der Waals surface area contributed by atoms with Gasteiger partial charge in [0, 0.05) is 19.0 Å². The van der Waals surface area contributed by atoms with Crippen LogP contribution >= 0.6 is 0 Å². The van der Waals surface area contributed by atoms with Crippen LogP contribution in [0, 0.1) is 5.41 Å². The number of benzene rings is 2. The van der Waals surface area contributed by atoms with Crippen LogP contribution in [0.5, 0.6) is 0 Å². The fourth-order valence-corrected chi connectivity index (χ4v) is 3.85. The first-order chi connectivity index (χ1) is 15.6. The summed E-state index contributed by atoms with van der Waals surface area (Å²) < 4.78 is 5.54. The number of nitrogens with one attached hydrogen (secondary N) is 2.